The number of hydrogen-bond donors (Lipinski definition) is 1. The molecule has 1 atom stereocenters. The number of nitrogens with two attached hydrogens (primary N) is 1. The van der Waals surface area contributed by atoms with Gasteiger partial charge in [-0.05, 0) is 25.8 Å². The van der Waals surface area contributed by atoms with Gasteiger partial charge < -0.3 is 5.73 Å². The van der Waals surface area contributed by atoms with Gasteiger partial charge in [-0.2, -0.15) is 0 Å². The molecule has 0 bridgehead atoms. The number of benzene rings is 1. The summed E-state index contributed by atoms with van der Waals surface area (Å²) in [6.07, 6.45) is 0.521. The molecule has 2 N–H and O–H groups in total. The first-order valence-corrected chi connectivity index (χ1v) is 4.86. The van der Waals surface area contributed by atoms with Crippen molar-refractivity contribution in [3.63, 3.8) is 0 Å². The number of rotatable bonds is 4. The SMILES string of the molecule is CC(=O)c1ccc(C[C@H](N)C(C)=O)cc1. The van der Waals surface area contributed by atoms with Gasteiger partial charge >= 0.3 is 0 Å². The molecule has 0 unspecified atom stereocenters. The van der Waals surface area contributed by atoms with Gasteiger partial charge in [0.05, 0.1) is 6.04 Å². The summed E-state index contributed by atoms with van der Waals surface area (Å²) in [7, 11) is 0. The Balaban J connectivity index is 2.72. The van der Waals surface area contributed by atoms with Gasteiger partial charge in [0.25, 0.3) is 0 Å². The van der Waals surface area contributed by atoms with Crippen LogP contribution in [0.15, 0.2) is 24.3 Å². The third-order valence-electron chi connectivity index (χ3n) is 2.34. The Morgan fingerprint density at radius 1 is 1.20 bits per heavy atom. The minimum atomic E-state index is -0.451. The molecule has 3 heteroatoms. The predicted octanol–water partition coefficient (Wildman–Crippen LogP) is 1.35. The standard InChI is InChI=1S/C12H15NO2/c1-8(14)11-5-3-10(4-6-11)7-12(13)9(2)15/h3-6,12H,7,13H2,1-2H3/t12-/m0/s1. The van der Waals surface area contributed by atoms with Gasteiger partial charge in [-0.25, -0.2) is 0 Å². The molecule has 0 heterocycles. The molecular weight excluding hydrogens is 190 g/mol. The fraction of sp³-hybridized carbons (Fsp3) is 0.333. The van der Waals surface area contributed by atoms with Gasteiger partial charge in [0.1, 0.15) is 5.78 Å². The van der Waals surface area contributed by atoms with Crippen LogP contribution in [0.1, 0.15) is 29.8 Å². The molecule has 0 saturated carbocycles. The third kappa shape index (κ3) is 3.29. The molecule has 0 fully saturated rings. The third-order valence-corrected chi connectivity index (χ3v) is 2.34. The second kappa shape index (κ2) is 4.84. The van der Waals surface area contributed by atoms with E-state index in [1.807, 2.05) is 12.1 Å². The Labute approximate surface area is 89.3 Å². The van der Waals surface area contributed by atoms with E-state index in [4.69, 9.17) is 5.73 Å². The van der Waals surface area contributed by atoms with Crippen LogP contribution in [0.5, 0.6) is 0 Å². The Hall–Kier alpha value is -1.48. The summed E-state index contributed by atoms with van der Waals surface area (Å²) in [5.74, 6) is 0.0167. The Morgan fingerprint density at radius 3 is 2.13 bits per heavy atom. The summed E-state index contributed by atoms with van der Waals surface area (Å²) in [5.41, 5.74) is 7.28. The van der Waals surface area contributed by atoms with Crippen LogP contribution in [0.3, 0.4) is 0 Å². The zero-order valence-corrected chi connectivity index (χ0v) is 8.99. The van der Waals surface area contributed by atoms with Crippen molar-refractivity contribution in [1.82, 2.24) is 0 Å². The summed E-state index contributed by atoms with van der Waals surface area (Å²) >= 11 is 0. The Morgan fingerprint density at radius 2 is 1.73 bits per heavy atom. The van der Waals surface area contributed by atoms with Crippen molar-refractivity contribution in [2.45, 2.75) is 26.3 Å². The van der Waals surface area contributed by atoms with E-state index in [1.165, 1.54) is 13.8 Å². The summed E-state index contributed by atoms with van der Waals surface area (Å²) < 4.78 is 0. The smallest absolute Gasteiger partial charge is 0.159 e. The van der Waals surface area contributed by atoms with E-state index in [9.17, 15) is 9.59 Å². The van der Waals surface area contributed by atoms with E-state index in [0.29, 0.717) is 12.0 Å². The number of Topliss-reactive ketones (excluding diaryl/α,β-unsaturated/α-hetero) is 2. The minimum absolute atomic E-state index is 0.0226. The van der Waals surface area contributed by atoms with E-state index in [1.54, 1.807) is 12.1 Å². The molecule has 0 amide bonds. The highest BCUT2D eigenvalue weighted by atomic mass is 16.1. The predicted molar refractivity (Wildman–Crippen MR) is 58.8 cm³/mol. The van der Waals surface area contributed by atoms with Crippen molar-refractivity contribution in [2.24, 2.45) is 5.73 Å². The van der Waals surface area contributed by atoms with Crippen LogP contribution in [-0.2, 0) is 11.2 Å². The van der Waals surface area contributed by atoms with Crippen molar-refractivity contribution in [3.8, 4) is 0 Å². The van der Waals surface area contributed by atoms with Crippen molar-refractivity contribution in [2.75, 3.05) is 0 Å². The normalized spacial score (nSPS) is 12.2. The highest BCUT2D eigenvalue weighted by Crippen LogP contribution is 2.07. The molecule has 0 aliphatic rings. The first-order valence-electron chi connectivity index (χ1n) is 4.86. The first-order chi connectivity index (χ1) is 7.00. The molecule has 0 aliphatic carbocycles. The van der Waals surface area contributed by atoms with E-state index in [2.05, 4.69) is 0 Å². The maximum absolute atomic E-state index is 11.0. The summed E-state index contributed by atoms with van der Waals surface area (Å²) in [6.45, 7) is 3.00. The second-order valence-electron chi connectivity index (χ2n) is 3.67. The van der Waals surface area contributed by atoms with Gasteiger partial charge in [0, 0.05) is 5.56 Å². The molecule has 1 aromatic rings. The molecule has 1 rings (SSSR count). The largest absolute Gasteiger partial charge is 0.321 e. The number of carbonyl (C=O) groups is 2. The summed E-state index contributed by atoms with van der Waals surface area (Å²) in [4.78, 5) is 22.0. The lowest BCUT2D eigenvalue weighted by atomic mass is 10.0. The van der Waals surface area contributed by atoms with Gasteiger partial charge in [0.15, 0.2) is 5.78 Å². The average molecular weight is 205 g/mol. The molecule has 1 aromatic carbocycles. The molecule has 15 heavy (non-hydrogen) atoms. The zero-order chi connectivity index (χ0) is 11.4. The average Bonchev–Trinajstić information content (AvgIpc) is 2.18. The molecule has 0 saturated heterocycles. The molecule has 0 radical (unpaired) electrons. The molecule has 0 spiro atoms. The molecule has 3 nitrogen and oxygen atoms in total. The monoisotopic (exact) mass is 205 g/mol. The van der Waals surface area contributed by atoms with Crippen LogP contribution >= 0.6 is 0 Å². The van der Waals surface area contributed by atoms with E-state index >= 15 is 0 Å². The summed E-state index contributed by atoms with van der Waals surface area (Å²) in [5, 5.41) is 0. The van der Waals surface area contributed by atoms with Crippen LogP contribution in [0, 0.1) is 0 Å². The number of carbonyl (C=O) groups excluding carboxylic acids is 2. The van der Waals surface area contributed by atoms with Gasteiger partial charge in [-0.3, -0.25) is 9.59 Å². The quantitative estimate of drug-likeness (QED) is 0.755. The highest BCUT2D eigenvalue weighted by molar-refractivity contribution is 5.94. The summed E-state index contributed by atoms with van der Waals surface area (Å²) in [6, 6.07) is 6.72. The number of ketones is 2. The molecular formula is C12H15NO2. The van der Waals surface area contributed by atoms with Gasteiger partial charge in [-0.1, -0.05) is 24.3 Å². The molecule has 0 aliphatic heterocycles. The van der Waals surface area contributed by atoms with E-state index in [0.717, 1.165) is 5.56 Å². The Kier molecular flexibility index (Phi) is 3.74. The highest BCUT2D eigenvalue weighted by Gasteiger charge is 2.08. The fourth-order valence-electron chi connectivity index (χ4n) is 1.27. The maximum Gasteiger partial charge on any atom is 0.159 e. The maximum atomic E-state index is 11.0. The minimum Gasteiger partial charge on any atom is -0.321 e. The fourth-order valence-corrected chi connectivity index (χ4v) is 1.27. The first kappa shape index (κ1) is 11.6. The van der Waals surface area contributed by atoms with Crippen LogP contribution in [0.25, 0.3) is 0 Å². The van der Waals surface area contributed by atoms with Crippen LogP contribution < -0.4 is 5.73 Å². The second-order valence-corrected chi connectivity index (χ2v) is 3.67. The van der Waals surface area contributed by atoms with E-state index < -0.39 is 6.04 Å². The van der Waals surface area contributed by atoms with Crippen molar-refractivity contribution >= 4 is 11.6 Å². The molecule has 0 aromatic heterocycles. The van der Waals surface area contributed by atoms with Crippen molar-refractivity contribution in [1.29, 1.82) is 0 Å². The lowest BCUT2D eigenvalue weighted by molar-refractivity contribution is -0.118. The Bertz CT molecular complexity index is 368. The number of hydrogen-bond acceptors (Lipinski definition) is 3. The van der Waals surface area contributed by atoms with Crippen molar-refractivity contribution in [3.05, 3.63) is 35.4 Å². The van der Waals surface area contributed by atoms with Crippen LogP contribution in [-0.4, -0.2) is 17.6 Å². The van der Waals surface area contributed by atoms with Crippen molar-refractivity contribution < 1.29 is 9.59 Å². The van der Waals surface area contributed by atoms with Gasteiger partial charge in [-0.15, -0.1) is 0 Å². The zero-order valence-electron chi connectivity index (χ0n) is 8.99. The van der Waals surface area contributed by atoms with Crippen LogP contribution in [0.2, 0.25) is 0 Å². The lowest BCUT2D eigenvalue weighted by Crippen LogP contribution is -2.30. The van der Waals surface area contributed by atoms with Crippen LogP contribution in [0.4, 0.5) is 0 Å². The van der Waals surface area contributed by atoms with Gasteiger partial charge in [0.2, 0.25) is 0 Å². The van der Waals surface area contributed by atoms with E-state index in [-0.39, 0.29) is 11.6 Å². The molecule has 80 valence electrons. The topological polar surface area (TPSA) is 60.2 Å². The lowest BCUT2D eigenvalue weighted by Gasteiger charge is -2.07.